The monoisotopic (exact) mass is 620 g/mol. The van der Waals surface area contributed by atoms with E-state index in [0.29, 0.717) is 5.92 Å². The summed E-state index contributed by atoms with van der Waals surface area (Å²) in [4.78, 5) is 10.3. The number of hydrogen-bond donors (Lipinski definition) is 2. The average molecular weight is 621 g/mol. The largest absolute Gasteiger partial charge is 0.324 e. The van der Waals surface area contributed by atoms with E-state index in [2.05, 4.69) is 146 Å². The predicted octanol–water partition coefficient (Wildman–Crippen LogP) is 9.71. The van der Waals surface area contributed by atoms with Crippen LogP contribution in [0.15, 0.2) is 179 Å². The van der Waals surface area contributed by atoms with E-state index >= 15 is 0 Å². The molecule has 232 valence electrons. The maximum atomic E-state index is 7.98. The molecule has 4 heteroatoms. The highest BCUT2D eigenvalue weighted by Gasteiger charge is 2.46. The molecule has 0 aromatic heterocycles. The molecule has 0 spiro atoms. The van der Waals surface area contributed by atoms with Gasteiger partial charge in [-0.3, -0.25) is 0 Å². The van der Waals surface area contributed by atoms with Gasteiger partial charge in [-0.1, -0.05) is 151 Å². The molecule has 5 aromatic carbocycles. The van der Waals surface area contributed by atoms with Crippen LogP contribution < -0.4 is 5.32 Å². The highest BCUT2D eigenvalue weighted by atomic mass is 15.2. The third kappa shape index (κ3) is 4.98. The topological polar surface area (TPSA) is 60.6 Å². The molecule has 48 heavy (non-hydrogen) atoms. The van der Waals surface area contributed by atoms with E-state index < -0.39 is 5.41 Å². The Hall–Kier alpha value is -5.87. The molecule has 8 rings (SSSR count). The van der Waals surface area contributed by atoms with Crippen molar-refractivity contribution in [1.29, 1.82) is 5.41 Å². The Morgan fingerprint density at radius 1 is 0.729 bits per heavy atom. The van der Waals surface area contributed by atoms with E-state index in [-0.39, 0.29) is 6.17 Å². The summed E-state index contributed by atoms with van der Waals surface area (Å²) < 4.78 is 0. The quantitative estimate of drug-likeness (QED) is 0.175. The van der Waals surface area contributed by atoms with Crippen molar-refractivity contribution in [2.24, 2.45) is 9.98 Å². The molecular formula is C44H36N4. The molecule has 0 fully saturated rings. The number of benzene rings is 5. The zero-order valence-electron chi connectivity index (χ0n) is 26.8. The Morgan fingerprint density at radius 3 is 2.08 bits per heavy atom. The van der Waals surface area contributed by atoms with Crippen molar-refractivity contribution in [3.8, 4) is 11.1 Å². The second-order valence-electron chi connectivity index (χ2n) is 12.6. The smallest absolute Gasteiger partial charge is 0.169 e. The third-order valence-electron chi connectivity index (χ3n) is 9.89. The van der Waals surface area contributed by atoms with Gasteiger partial charge in [0.05, 0.1) is 5.41 Å². The van der Waals surface area contributed by atoms with E-state index in [9.17, 15) is 0 Å². The molecule has 0 amide bonds. The summed E-state index contributed by atoms with van der Waals surface area (Å²) in [5.41, 5.74) is 11.1. The van der Waals surface area contributed by atoms with Gasteiger partial charge in [-0.05, 0) is 64.4 Å². The van der Waals surface area contributed by atoms with E-state index in [0.717, 1.165) is 40.4 Å². The van der Waals surface area contributed by atoms with Gasteiger partial charge in [-0.2, -0.15) is 0 Å². The van der Waals surface area contributed by atoms with Crippen molar-refractivity contribution in [1.82, 2.24) is 5.32 Å². The van der Waals surface area contributed by atoms with Crippen molar-refractivity contribution >= 4 is 17.9 Å². The highest BCUT2D eigenvalue weighted by molar-refractivity contribution is 6.17. The molecule has 2 N–H and O–H groups in total. The maximum Gasteiger partial charge on any atom is 0.169 e. The first-order valence-electron chi connectivity index (χ1n) is 16.6. The van der Waals surface area contributed by atoms with Crippen LogP contribution in [0.3, 0.4) is 0 Å². The lowest BCUT2D eigenvalue weighted by molar-refractivity contribution is 0.747. The number of rotatable bonds is 7. The minimum atomic E-state index is -0.503. The lowest BCUT2D eigenvalue weighted by Crippen LogP contribution is -2.36. The van der Waals surface area contributed by atoms with Crippen LogP contribution in [0.1, 0.15) is 58.8 Å². The summed E-state index contributed by atoms with van der Waals surface area (Å²) in [5.74, 6) is 1.99. The van der Waals surface area contributed by atoms with Crippen LogP contribution >= 0.6 is 0 Å². The van der Waals surface area contributed by atoms with Crippen molar-refractivity contribution in [3.05, 3.63) is 202 Å². The molecule has 0 radical (unpaired) electrons. The van der Waals surface area contributed by atoms with E-state index in [1.807, 2.05) is 24.3 Å². The molecule has 1 heterocycles. The Balaban J connectivity index is 1.22. The molecule has 2 aliphatic carbocycles. The fourth-order valence-electron chi connectivity index (χ4n) is 7.59. The molecule has 1 aliphatic heterocycles. The van der Waals surface area contributed by atoms with Gasteiger partial charge >= 0.3 is 0 Å². The molecule has 3 aliphatic rings. The number of fused-ring (bicyclic) bond motifs is 3. The summed E-state index contributed by atoms with van der Waals surface area (Å²) >= 11 is 0. The lowest BCUT2D eigenvalue weighted by Gasteiger charge is -2.34. The van der Waals surface area contributed by atoms with E-state index in [1.165, 1.54) is 39.6 Å². The second kappa shape index (κ2) is 12.4. The standard InChI is InChI=1S/C44H36N4/c1-30(27-28-45)44(36-17-9-4-10-18-36)39-20-12-11-19-37(39)38-29-35(25-26-40(38)44)43-47-41(33-15-7-3-8-16-33)46-42(48-43)34-23-21-32(22-24-34)31-13-5-2-6-14-31/h2-21,23-29,32,41,45H,22H2,1H3,(H,46,47,48)/b30-27+,45-28?. The molecular weight excluding hydrogens is 585 g/mol. The maximum absolute atomic E-state index is 7.98. The number of nitrogens with zero attached hydrogens (tertiary/aromatic N) is 2. The highest BCUT2D eigenvalue weighted by Crippen LogP contribution is 2.56. The van der Waals surface area contributed by atoms with Crippen LogP contribution in [0.2, 0.25) is 0 Å². The van der Waals surface area contributed by atoms with Crippen LogP contribution in [0, 0.1) is 5.41 Å². The van der Waals surface area contributed by atoms with Gasteiger partial charge < -0.3 is 10.7 Å². The molecule has 3 atom stereocenters. The fourth-order valence-corrected chi connectivity index (χ4v) is 7.59. The third-order valence-corrected chi connectivity index (χ3v) is 9.89. The Labute approximate surface area is 282 Å². The lowest BCUT2D eigenvalue weighted by atomic mass is 9.67. The predicted molar refractivity (Wildman–Crippen MR) is 198 cm³/mol. The van der Waals surface area contributed by atoms with E-state index in [4.69, 9.17) is 15.4 Å². The Kier molecular flexibility index (Phi) is 7.62. The van der Waals surface area contributed by atoms with Crippen LogP contribution in [-0.2, 0) is 5.41 Å². The van der Waals surface area contributed by atoms with Crippen LogP contribution in [0.25, 0.3) is 11.1 Å². The first-order valence-corrected chi connectivity index (χ1v) is 16.6. The summed E-state index contributed by atoms with van der Waals surface area (Å²) in [6, 6.07) is 47.1. The first kappa shape index (κ1) is 29.5. The van der Waals surface area contributed by atoms with Crippen LogP contribution in [-0.4, -0.2) is 17.9 Å². The summed E-state index contributed by atoms with van der Waals surface area (Å²) in [5, 5.41) is 11.6. The molecule has 0 bridgehead atoms. The van der Waals surface area contributed by atoms with Gasteiger partial charge in [0.15, 0.2) is 6.17 Å². The summed E-state index contributed by atoms with van der Waals surface area (Å²) in [7, 11) is 0. The van der Waals surface area contributed by atoms with Crippen LogP contribution in [0.4, 0.5) is 0 Å². The zero-order valence-corrected chi connectivity index (χ0v) is 26.8. The molecule has 5 aromatic rings. The van der Waals surface area contributed by atoms with E-state index in [1.54, 1.807) is 0 Å². The SMILES string of the molecule is C/C(=C\C=N)C1(c2ccccc2)c2ccccc2-c2cc(C3=NC(c4ccccc4)N=C(C4=CCC(c5ccccc5)C=C4)N3)ccc21. The minimum absolute atomic E-state index is 0.351. The average Bonchev–Trinajstić information content (AvgIpc) is 3.46. The van der Waals surface area contributed by atoms with Gasteiger partial charge in [0, 0.05) is 23.3 Å². The Bertz CT molecular complexity index is 2160. The first-order chi connectivity index (χ1) is 23.7. The van der Waals surface area contributed by atoms with Gasteiger partial charge in [0.2, 0.25) is 0 Å². The summed E-state index contributed by atoms with van der Waals surface area (Å²) in [6.45, 7) is 2.14. The van der Waals surface area contributed by atoms with Crippen molar-refractivity contribution in [3.63, 3.8) is 0 Å². The molecule has 3 unspecified atom stereocenters. The second-order valence-corrected chi connectivity index (χ2v) is 12.6. The summed E-state index contributed by atoms with van der Waals surface area (Å²) in [6.07, 6.45) is 10.7. The Morgan fingerprint density at radius 2 is 1.38 bits per heavy atom. The van der Waals surface area contributed by atoms with Crippen LogP contribution in [0.5, 0.6) is 0 Å². The number of amidine groups is 2. The number of allylic oxidation sites excluding steroid dienone is 4. The van der Waals surface area contributed by atoms with Crippen molar-refractivity contribution in [2.45, 2.75) is 30.8 Å². The number of hydrogen-bond acceptors (Lipinski definition) is 4. The minimum Gasteiger partial charge on any atom is -0.324 e. The normalized spacial score (nSPS) is 21.3. The van der Waals surface area contributed by atoms with Gasteiger partial charge in [-0.15, -0.1) is 0 Å². The zero-order chi connectivity index (χ0) is 32.5. The number of nitrogens with one attached hydrogen (secondary N) is 2. The molecule has 0 saturated carbocycles. The van der Waals surface area contributed by atoms with Crippen molar-refractivity contribution < 1.29 is 0 Å². The van der Waals surface area contributed by atoms with Crippen molar-refractivity contribution in [2.75, 3.05) is 0 Å². The van der Waals surface area contributed by atoms with Gasteiger partial charge in [-0.25, -0.2) is 9.98 Å². The molecule has 0 saturated heterocycles. The number of aliphatic imine (C=N–C) groups is 2. The van der Waals surface area contributed by atoms with Gasteiger partial charge in [0.25, 0.3) is 0 Å². The molecule has 4 nitrogen and oxygen atoms in total. The van der Waals surface area contributed by atoms with Gasteiger partial charge in [0.1, 0.15) is 11.7 Å². The fraction of sp³-hybridized carbons (Fsp3) is 0.114.